The van der Waals surface area contributed by atoms with Crippen molar-refractivity contribution >= 4 is 13.0 Å². The Balaban J connectivity index is 1.98. The van der Waals surface area contributed by atoms with Crippen LogP contribution in [0.25, 0.3) is 0 Å². The number of rotatable bonds is 3. The number of nitrogens with zero attached hydrogens (tertiary/aromatic N) is 1. The van der Waals surface area contributed by atoms with Gasteiger partial charge in [0.05, 0.1) is 5.68 Å². The van der Waals surface area contributed by atoms with Gasteiger partial charge in [-0.25, -0.2) is 0 Å². The van der Waals surface area contributed by atoms with Crippen molar-refractivity contribution in [1.29, 1.82) is 0 Å². The number of hydrogen-bond donors (Lipinski definition) is 1. The van der Waals surface area contributed by atoms with Crippen LogP contribution in [-0.4, -0.2) is 42.6 Å². The Morgan fingerprint density at radius 3 is 2.68 bits per heavy atom. The van der Waals surface area contributed by atoms with Gasteiger partial charge in [0.1, 0.15) is 5.75 Å². The molecule has 4 heteroatoms. The summed E-state index contributed by atoms with van der Waals surface area (Å²) >= 11 is 0. The van der Waals surface area contributed by atoms with Crippen LogP contribution in [0.5, 0.6) is 5.75 Å². The molecule has 2 unspecified atom stereocenters. The first-order valence-electron chi connectivity index (χ1n) is 10.9. The smallest absolute Gasteiger partial charge is 0.198 e. The molecule has 1 saturated carbocycles. The number of carbonyl (C=O) groups excluding carboxylic acids is 1. The zero-order valence-electron chi connectivity index (χ0n) is 18.4. The molecule has 3 nitrogen and oxygen atoms in total. The van der Waals surface area contributed by atoms with Gasteiger partial charge >= 0.3 is 0 Å². The van der Waals surface area contributed by atoms with E-state index < -0.39 is 0 Å². The molecule has 3 aliphatic rings. The van der Waals surface area contributed by atoms with Crippen molar-refractivity contribution in [3.8, 4) is 5.75 Å². The summed E-state index contributed by atoms with van der Waals surface area (Å²) in [6.45, 7) is 12.4. The monoisotopic (exact) mass is 380 g/mol. The molecule has 1 saturated heterocycles. The van der Waals surface area contributed by atoms with E-state index in [1.165, 1.54) is 11.1 Å². The van der Waals surface area contributed by atoms with Crippen molar-refractivity contribution in [3.05, 3.63) is 28.8 Å². The highest BCUT2D eigenvalue weighted by molar-refractivity contribution is 6.72. The fourth-order valence-electron chi connectivity index (χ4n) is 7.74. The van der Waals surface area contributed by atoms with Crippen molar-refractivity contribution < 1.29 is 9.90 Å². The van der Waals surface area contributed by atoms with Crippen LogP contribution in [0.4, 0.5) is 0 Å². The Labute approximate surface area is 171 Å². The van der Waals surface area contributed by atoms with Gasteiger partial charge in [0.2, 0.25) is 0 Å². The van der Waals surface area contributed by atoms with Crippen molar-refractivity contribution in [2.45, 2.75) is 78.1 Å². The first-order valence-corrected chi connectivity index (χ1v) is 10.9. The molecule has 1 aliphatic heterocycles. The average molecular weight is 380 g/mol. The molecule has 0 amide bonds. The predicted octanol–water partition coefficient (Wildman–Crippen LogP) is 4.31. The molecule has 1 radical (unpaired) electrons. The molecule has 1 heterocycles. The highest BCUT2D eigenvalue weighted by Crippen LogP contribution is 2.71. The summed E-state index contributed by atoms with van der Waals surface area (Å²) in [4.78, 5) is 15.0. The van der Waals surface area contributed by atoms with Gasteiger partial charge in [-0.1, -0.05) is 33.7 Å². The van der Waals surface area contributed by atoms with Gasteiger partial charge in [-0.05, 0) is 92.1 Å². The van der Waals surface area contributed by atoms with Crippen molar-refractivity contribution in [3.63, 3.8) is 0 Å². The third-order valence-electron chi connectivity index (χ3n) is 9.35. The highest BCUT2D eigenvalue weighted by Gasteiger charge is 2.69. The van der Waals surface area contributed by atoms with E-state index in [9.17, 15) is 9.90 Å². The fraction of sp³-hybridized carbons (Fsp3) is 0.708. The van der Waals surface area contributed by atoms with E-state index in [1.54, 1.807) is 7.28 Å². The normalized spacial score (nSPS) is 36.4. The Morgan fingerprint density at radius 1 is 1.29 bits per heavy atom. The van der Waals surface area contributed by atoms with Crippen LogP contribution in [0.2, 0.25) is 6.82 Å². The van der Waals surface area contributed by atoms with Gasteiger partial charge in [-0.3, -0.25) is 0 Å². The minimum Gasteiger partial charge on any atom is -0.508 e. The van der Waals surface area contributed by atoms with E-state index in [-0.39, 0.29) is 21.9 Å². The van der Waals surface area contributed by atoms with Crippen molar-refractivity contribution in [2.24, 2.45) is 16.7 Å². The molecule has 2 aliphatic carbocycles. The quantitative estimate of drug-likeness (QED) is 0.795. The summed E-state index contributed by atoms with van der Waals surface area (Å²) < 4.78 is 0. The largest absolute Gasteiger partial charge is 0.508 e. The number of hydrogen-bond acceptors (Lipinski definition) is 3. The van der Waals surface area contributed by atoms with Crippen LogP contribution >= 0.6 is 0 Å². The zero-order chi connectivity index (χ0) is 20.5. The van der Waals surface area contributed by atoms with Crippen LogP contribution in [0.15, 0.2) is 12.1 Å². The van der Waals surface area contributed by atoms with Gasteiger partial charge in [0.25, 0.3) is 0 Å². The molecule has 4 rings (SSSR count). The van der Waals surface area contributed by atoms with Crippen LogP contribution in [0.3, 0.4) is 0 Å². The van der Waals surface area contributed by atoms with Gasteiger partial charge in [-0.15, -0.1) is 0 Å². The van der Waals surface area contributed by atoms with Crippen LogP contribution in [-0.2, 0) is 16.6 Å². The molecule has 1 aromatic rings. The molecule has 1 aromatic carbocycles. The summed E-state index contributed by atoms with van der Waals surface area (Å²) in [5, 5.41) is 10.6. The Morgan fingerprint density at radius 2 is 2.00 bits per heavy atom. The molecule has 28 heavy (non-hydrogen) atoms. The van der Waals surface area contributed by atoms with E-state index in [4.69, 9.17) is 0 Å². The summed E-state index contributed by atoms with van der Waals surface area (Å²) in [7, 11) is 4.03. The number of likely N-dealkylation sites (N-methyl/N-ethyl adjacent to an activating group) is 1. The van der Waals surface area contributed by atoms with Gasteiger partial charge < -0.3 is 14.8 Å². The third kappa shape index (κ3) is 2.30. The number of benzene rings is 1. The Hall–Kier alpha value is -1.29. The van der Waals surface area contributed by atoms with E-state index in [0.717, 1.165) is 37.8 Å². The molecular weight excluding hydrogens is 345 g/mol. The van der Waals surface area contributed by atoms with Crippen molar-refractivity contribution in [2.75, 3.05) is 13.6 Å². The lowest BCUT2D eigenvalue weighted by Crippen LogP contribution is -2.72. The fourth-order valence-corrected chi connectivity index (χ4v) is 7.74. The average Bonchev–Trinajstić information content (AvgIpc) is 2.64. The second-order valence-electron chi connectivity index (χ2n) is 10.4. The van der Waals surface area contributed by atoms with Gasteiger partial charge in [0.15, 0.2) is 7.28 Å². The highest BCUT2D eigenvalue weighted by atomic mass is 16.3. The number of phenolic OH excluding ortho intramolecular Hbond substituents is 1. The maximum Gasteiger partial charge on any atom is 0.198 e. The minimum absolute atomic E-state index is 0.00803. The predicted molar refractivity (Wildman–Crippen MR) is 115 cm³/mol. The molecule has 2 fully saturated rings. The summed E-state index contributed by atoms with van der Waals surface area (Å²) in [6, 6.07) is 4.56. The number of aromatic hydroxyl groups is 1. The number of carbonyl (C=O) groups is 1. The van der Waals surface area contributed by atoms with Crippen molar-refractivity contribution in [1.82, 2.24) is 4.90 Å². The second-order valence-corrected chi connectivity index (χ2v) is 10.4. The lowest BCUT2D eigenvalue weighted by Gasteiger charge is -2.72. The molecule has 1 N–H and O–H groups in total. The molecular formula is C24H35BNO2. The molecule has 4 atom stereocenters. The van der Waals surface area contributed by atoms with Crippen LogP contribution in [0, 0.1) is 23.7 Å². The topological polar surface area (TPSA) is 40.5 Å². The number of phenols is 1. The maximum atomic E-state index is 12.4. The molecule has 151 valence electrons. The first kappa shape index (κ1) is 20.0. The van der Waals surface area contributed by atoms with E-state index in [0.29, 0.717) is 24.1 Å². The van der Waals surface area contributed by atoms with E-state index >= 15 is 0 Å². The number of fused-ring (bicyclic) bond motifs is 1. The van der Waals surface area contributed by atoms with E-state index in [2.05, 4.69) is 45.7 Å². The minimum atomic E-state index is -0.00940. The zero-order valence-corrected chi connectivity index (χ0v) is 18.4. The lowest BCUT2D eigenvalue weighted by atomic mass is 9.35. The molecule has 0 spiro atoms. The number of likely N-dealkylation sites (tertiary alicyclic amines) is 1. The lowest BCUT2D eigenvalue weighted by molar-refractivity contribution is -0.160. The SMILES string of the molecule is C[B]C(=O)CC1CCC2(C)[C@@H]3Cc4ccc(O)c(C)c4[C@@]2(CCN3C)C1(C)C. The Kier molecular flexibility index (Phi) is 4.54. The summed E-state index contributed by atoms with van der Waals surface area (Å²) in [5.74, 6) is 0.796. The molecule has 0 aromatic heterocycles. The first-order chi connectivity index (χ1) is 13.1. The maximum absolute atomic E-state index is 12.4. The summed E-state index contributed by atoms with van der Waals surface area (Å²) in [6.07, 6.45) is 5.08. The number of piperidine rings is 1. The van der Waals surface area contributed by atoms with Crippen LogP contribution in [0.1, 0.15) is 63.1 Å². The second kappa shape index (κ2) is 6.36. The van der Waals surface area contributed by atoms with Gasteiger partial charge in [-0.2, -0.15) is 0 Å². The standard InChI is InChI=1S/C24H35BNO2/c1-15-18(27)8-7-16-13-19-23(4)10-9-17(14-20(28)25-5)22(2,3)24(23,21(15)16)11-12-26(19)6/h7-8,17,19,27H,9-14H2,1-6H3/t17?,19-,23?,24-/m0/s1. The summed E-state index contributed by atoms with van der Waals surface area (Å²) in [5.41, 5.74) is 4.29. The Bertz CT molecular complexity index is 819. The van der Waals surface area contributed by atoms with Crippen LogP contribution < -0.4 is 0 Å². The van der Waals surface area contributed by atoms with Gasteiger partial charge in [0, 0.05) is 11.5 Å². The molecule has 2 bridgehead atoms. The van der Waals surface area contributed by atoms with E-state index in [1.807, 2.05) is 12.9 Å². The third-order valence-corrected chi connectivity index (χ3v) is 9.35.